The molecule has 1 nitrogen and oxygen atoms in total. The smallest absolute Gasteiger partial charge is 0.00698 e. The van der Waals surface area contributed by atoms with Gasteiger partial charge in [0.2, 0.25) is 0 Å². The molecule has 2 N–H and O–H groups in total. The topological polar surface area (TPSA) is 26.0 Å². The molecule has 0 fully saturated rings. The van der Waals surface area contributed by atoms with Gasteiger partial charge in [-0.25, -0.2) is 0 Å². The molecule has 0 aromatic carbocycles. The molecule has 44 valence electrons. The molecule has 0 saturated heterocycles. The molecule has 0 heterocycles. The van der Waals surface area contributed by atoms with Gasteiger partial charge in [-0.2, -0.15) is 11.8 Å². The summed E-state index contributed by atoms with van der Waals surface area (Å²) in [5.74, 6) is 1.26. The molecule has 0 aliphatic carbocycles. The Kier molecular flexibility index (Phi) is 6.59. The van der Waals surface area contributed by atoms with Crippen LogP contribution in [0.15, 0.2) is 0 Å². The van der Waals surface area contributed by atoms with Crippen molar-refractivity contribution in [2.75, 3.05) is 18.6 Å². The zero-order chi connectivity index (χ0) is 5.54. The third-order valence-electron chi connectivity index (χ3n) is 0.803. The highest BCUT2D eigenvalue weighted by atomic mass is 32.2. The summed E-state index contributed by atoms with van der Waals surface area (Å²) in [7, 11) is 0. The quantitative estimate of drug-likeness (QED) is 0.563. The predicted octanol–water partition coefficient (Wildman–Crippen LogP) is 1.09. The van der Waals surface area contributed by atoms with Gasteiger partial charge in [-0.05, 0) is 31.4 Å². The van der Waals surface area contributed by atoms with Gasteiger partial charge in [0, 0.05) is 0 Å². The SMILES string of the molecule is CSCCC[14CH2]N. The Balaban J connectivity index is 2.45. The molecule has 0 aromatic heterocycles. The average Bonchev–Trinajstić information content (AvgIpc) is 1.69. The summed E-state index contributed by atoms with van der Waals surface area (Å²) >= 11 is 1.89. The fourth-order valence-corrected chi connectivity index (χ4v) is 0.884. The minimum atomic E-state index is 0.848. The Morgan fingerprint density at radius 1 is 1.71 bits per heavy atom. The lowest BCUT2D eigenvalue weighted by molar-refractivity contribution is 0.815. The number of nitrogens with two attached hydrogens (primary N) is 1. The third-order valence-corrected chi connectivity index (χ3v) is 1.50. The zero-order valence-corrected chi connectivity index (χ0v) is 5.63. The van der Waals surface area contributed by atoms with E-state index in [0.29, 0.717) is 0 Å². The van der Waals surface area contributed by atoms with E-state index in [0.717, 1.165) is 6.54 Å². The van der Waals surface area contributed by atoms with Crippen molar-refractivity contribution in [2.45, 2.75) is 12.8 Å². The molecule has 0 atom stereocenters. The van der Waals surface area contributed by atoms with Gasteiger partial charge in [-0.1, -0.05) is 0 Å². The summed E-state index contributed by atoms with van der Waals surface area (Å²) in [5, 5.41) is 0. The molecular formula is C5H13NS. The third kappa shape index (κ3) is 6.31. The summed E-state index contributed by atoms with van der Waals surface area (Å²) in [6.07, 6.45) is 4.58. The highest BCUT2D eigenvalue weighted by Crippen LogP contribution is 1.96. The van der Waals surface area contributed by atoms with Crippen molar-refractivity contribution >= 4 is 11.8 Å². The van der Waals surface area contributed by atoms with E-state index in [1.807, 2.05) is 11.8 Å². The fourth-order valence-electron chi connectivity index (χ4n) is 0.391. The minimum absolute atomic E-state index is 0.848. The average molecular weight is 121 g/mol. The van der Waals surface area contributed by atoms with Crippen molar-refractivity contribution in [2.24, 2.45) is 5.73 Å². The number of thioether (sulfide) groups is 1. The van der Waals surface area contributed by atoms with E-state index in [1.54, 1.807) is 0 Å². The van der Waals surface area contributed by atoms with Gasteiger partial charge in [0.25, 0.3) is 0 Å². The number of unbranched alkanes of at least 4 members (excludes halogenated alkanes) is 1. The Morgan fingerprint density at radius 3 is 2.86 bits per heavy atom. The lowest BCUT2D eigenvalue weighted by Crippen LogP contribution is -1.98. The van der Waals surface area contributed by atoms with Gasteiger partial charge in [0.1, 0.15) is 0 Å². The lowest BCUT2D eigenvalue weighted by atomic mass is 10.5. The van der Waals surface area contributed by atoms with Gasteiger partial charge >= 0.3 is 0 Å². The molecule has 0 unspecified atom stereocenters. The van der Waals surface area contributed by atoms with Crippen LogP contribution >= 0.6 is 11.8 Å². The molecule has 0 amide bonds. The summed E-state index contributed by atoms with van der Waals surface area (Å²) in [5.41, 5.74) is 5.26. The van der Waals surface area contributed by atoms with E-state index in [4.69, 9.17) is 5.73 Å². The summed E-state index contributed by atoms with van der Waals surface area (Å²) in [6, 6.07) is 0. The van der Waals surface area contributed by atoms with Gasteiger partial charge in [0.05, 0.1) is 0 Å². The van der Waals surface area contributed by atoms with E-state index in [2.05, 4.69) is 6.26 Å². The Hall–Kier alpha value is 0.310. The molecule has 0 aromatic rings. The molecule has 7 heavy (non-hydrogen) atoms. The molecule has 0 rings (SSSR count). The second-order valence-electron chi connectivity index (χ2n) is 1.49. The zero-order valence-electron chi connectivity index (χ0n) is 4.81. The van der Waals surface area contributed by atoms with Crippen molar-refractivity contribution in [3.63, 3.8) is 0 Å². The normalized spacial score (nSPS) is 9.43. The van der Waals surface area contributed by atoms with Gasteiger partial charge in [0.15, 0.2) is 0 Å². The van der Waals surface area contributed by atoms with Crippen molar-refractivity contribution < 1.29 is 0 Å². The van der Waals surface area contributed by atoms with Crippen molar-refractivity contribution in [3.05, 3.63) is 0 Å². The maximum absolute atomic E-state index is 5.26. The van der Waals surface area contributed by atoms with E-state index >= 15 is 0 Å². The Labute approximate surface area is 49.7 Å². The van der Waals surface area contributed by atoms with E-state index in [1.165, 1.54) is 18.6 Å². The Bertz CT molecular complexity index is 27.3. The second-order valence-corrected chi connectivity index (χ2v) is 2.47. The first-order valence-electron chi connectivity index (χ1n) is 2.61. The van der Waals surface area contributed by atoms with Crippen LogP contribution in [-0.4, -0.2) is 18.6 Å². The molecule has 0 spiro atoms. The minimum Gasteiger partial charge on any atom is -0.330 e. The highest BCUT2D eigenvalue weighted by Gasteiger charge is 1.80. The van der Waals surface area contributed by atoms with Gasteiger partial charge in [-0.3, -0.25) is 0 Å². The van der Waals surface area contributed by atoms with Crippen LogP contribution in [0.4, 0.5) is 0 Å². The van der Waals surface area contributed by atoms with Crippen LogP contribution in [-0.2, 0) is 0 Å². The van der Waals surface area contributed by atoms with Crippen molar-refractivity contribution in [1.82, 2.24) is 0 Å². The van der Waals surface area contributed by atoms with Gasteiger partial charge < -0.3 is 5.73 Å². The Morgan fingerprint density at radius 2 is 2.43 bits per heavy atom. The molecule has 0 aliphatic rings. The van der Waals surface area contributed by atoms with Crippen molar-refractivity contribution in [3.8, 4) is 0 Å². The summed E-state index contributed by atoms with van der Waals surface area (Å²) in [6.45, 7) is 0.848. The van der Waals surface area contributed by atoms with E-state index in [-0.39, 0.29) is 0 Å². The lowest BCUT2D eigenvalue weighted by Gasteiger charge is -1.91. The first-order chi connectivity index (χ1) is 3.41. The molecule has 0 saturated carbocycles. The first kappa shape index (κ1) is 7.31. The molecule has 0 radical (unpaired) electrons. The fraction of sp³-hybridized carbons (Fsp3) is 1.00. The van der Waals surface area contributed by atoms with Crippen LogP contribution in [0.25, 0.3) is 0 Å². The van der Waals surface area contributed by atoms with E-state index in [9.17, 15) is 0 Å². The number of rotatable bonds is 4. The van der Waals surface area contributed by atoms with Crippen molar-refractivity contribution in [1.29, 1.82) is 0 Å². The maximum atomic E-state index is 5.26. The number of hydrogen-bond donors (Lipinski definition) is 1. The van der Waals surface area contributed by atoms with Gasteiger partial charge in [-0.15, -0.1) is 0 Å². The first-order valence-corrected chi connectivity index (χ1v) is 4.00. The molecule has 2 heteroatoms. The number of hydrogen-bond acceptors (Lipinski definition) is 2. The molecule has 0 aliphatic heterocycles. The monoisotopic (exact) mass is 121 g/mol. The standard InChI is InChI=1S/C5H13NS/c1-7-5-3-2-4-6/h2-6H2,1H3/i4+2. The van der Waals surface area contributed by atoms with Crippen LogP contribution in [0.2, 0.25) is 0 Å². The summed E-state index contributed by atoms with van der Waals surface area (Å²) in [4.78, 5) is 0. The predicted molar refractivity (Wildman–Crippen MR) is 36.7 cm³/mol. The summed E-state index contributed by atoms with van der Waals surface area (Å²) < 4.78 is 0. The van der Waals surface area contributed by atoms with Crippen LogP contribution in [0.5, 0.6) is 0 Å². The highest BCUT2D eigenvalue weighted by molar-refractivity contribution is 7.98. The van der Waals surface area contributed by atoms with E-state index < -0.39 is 0 Å². The molecular weight excluding hydrogens is 108 g/mol. The second kappa shape index (κ2) is 6.31. The van der Waals surface area contributed by atoms with Crippen LogP contribution < -0.4 is 5.73 Å². The van der Waals surface area contributed by atoms with Crippen LogP contribution in [0.1, 0.15) is 12.8 Å². The van der Waals surface area contributed by atoms with Crippen LogP contribution in [0, 0.1) is 0 Å². The molecule has 0 bridgehead atoms. The van der Waals surface area contributed by atoms with Crippen LogP contribution in [0.3, 0.4) is 0 Å². The maximum Gasteiger partial charge on any atom is -0.00698 e. The largest absolute Gasteiger partial charge is 0.330 e.